The summed E-state index contributed by atoms with van der Waals surface area (Å²) in [6, 6.07) is 17.0. The van der Waals surface area contributed by atoms with Gasteiger partial charge in [0.25, 0.3) is 0 Å². The summed E-state index contributed by atoms with van der Waals surface area (Å²) >= 11 is 1.64. The quantitative estimate of drug-likeness (QED) is 0.513. The molecule has 0 atom stereocenters. The molecule has 1 aliphatic rings. The topological polar surface area (TPSA) is 25.8 Å². The molecule has 20 heavy (non-hydrogen) atoms. The molecule has 0 saturated heterocycles. The zero-order chi connectivity index (χ0) is 13.4. The Morgan fingerprint density at radius 2 is 1.60 bits per heavy atom. The minimum Gasteiger partial charge on any atom is -0.231 e. The Morgan fingerprint density at radius 3 is 2.50 bits per heavy atom. The van der Waals surface area contributed by atoms with Crippen LogP contribution in [0.5, 0.6) is 0 Å². The van der Waals surface area contributed by atoms with Gasteiger partial charge in [0, 0.05) is 17.3 Å². The summed E-state index contributed by atoms with van der Waals surface area (Å²) in [5, 5.41) is 0.803. The molecule has 4 rings (SSSR count). The lowest BCUT2D eigenvalue weighted by atomic mass is 10.1. The van der Waals surface area contributed by atoms with Crippen LogP contribution < -0.4 is 0 Å². The second-order valence-corrected chi connectivity index (χ2v) is 5.76. The van der Waals surface area contributed by atoms with Crippen LogP contribution in [0, 0.1) is 0 Å². The predicted molar refractivity (Wildman–Crippen MR) is 80.8 cm³/mol. The molecule has 0 saturated carbocycles. The number of rotatable bonds is 2. The van der Waals surface area contributed by atoms with Crippen LogP contribution in [0.25, 0.3) is 11.1 Å². The van der Waals surface area contributed by atoms with E-state index in [0.29, 0.717) is 0 Å². The molecule has 0 spiro atoms. The molecule has 1 aromatic heterocycles. The van der Waals surface area contributed by atoms with Gasteiger partial charge in [-0.05, 0) is 52.6 Å². The molecule has 0 amide bonds. The minimum atomic E-state index is 0.803. The number of hydrogen-bond donors (Lipinski definition) is 0. The van der Waals surface area contributed by atoms with Crippen LogP contribution >= 0.6 is 11.8 Å². The zero-order valence-corrected chi connectivity index (χ0v) is 11.6. The molecule has 0 N–H and O–H groups in total. The van der Waals surface area contributed by atoms with Gasteiger partial charge in [0.05, 0.1) is 0 Å². The van der Waals surface area contributed by atoms with Crippen molar-refractivity contribution in [2.75, 3.05) is 0 Å². The molecule has 0 bridgehead atoms. The van der Waals surface area contributed by atoms with Crippen molar-refractivity contribution in [3.05, 3.63) is 72.1 Å². The van der Waals surface area contributed by atoms with Crippen LogP contribution in [0.4, 0.5) is 0 Å². The Labute approximate surface area is 121 Å². The first-order valence-corrected chi connectivity index (χ1v) is 7.38. The summed E-state index contributed by atoms with van der Waals surface area (Å²) in [4.78, 5) is 9.86. The average molecular weight is 276 g/mol. The van der Waals surface area contributed by atoms with E-state index in [-0.39, 0.29) is 0 Å². The van der Waals surface area contributed by atoms with Crippen molar-refractivity contribution >= 4 is 11.8 Å². The maximum Gasteiger partial charge on any atom is 0.192 e. The van der Waals surface area contributed by atoms with Gasteiger partial charge >= 0.3 is 0 Å². The molecule has 3 aromatic rings. The van der Waals surface area contributed by atoms with E-state index in [1.807, 2.05) is 6.07 Å². The van der Waals surface area contributed by atoms with Gasteiger partial charge in [-0.1, -0.05) is 36.4 Å². The molecule has 1 heterocycles. The highest BCUT2D eigenvalue weighted by atomic mass is 32.2. The summed E-state index contributed by atoms with van der Waals surface area (Å²) in [7, 11) is 0. The fraction of sp³-hybridized carbons (Fsp3) is 0.0588. The Balaban J connectivity index is 1.78. The van der Waals surface area contributed by atoms with Gasteiger partial charge in [-0.2, -0.15) is 0 Å². The first kappa shape index (κ1) is 11.7. The average Bonchev–Trinajstić information content (AvgIpc) is 2.88. The summed E-state index contributed by atoms with van der Waals surface area (Å²) in [6.07, 6.45) is 4.57. The second kappa shape index (κ2) is 4.76. The second-order valence-electron chi connectivity index (χ2n) is 4.75. The SMILES string of the molecule is c1cnc(Sc2cccc3c2Cc2ccccc2-3)nc1. The van der Waals surface area contributed by atoms with Gasteiger partial charge in [-0.3, -0.25) is 0 Å². The fourth-order valence-electron chi connectivity index (χ4n) is 2.66. The summed E-state index contributed by atoms with van der Waals surface area (Å²) in [5.41, 5.74) is 5.51. The first-order chi connectivity index (χ1) is 9.92. The van der Waals surface area contributed by atoms with Gasteiger partial charge in [-0.25, -0.2) is 9.97 Å². The van der Waals surface area contributed by atoms with E-state index in [0.717, 1.165) is 11.6 Å². The highest BCUT2D eigenvalue weighted by Gasteiger charge is 2.20. The lowest BCUT2D eigenvalue weighted by molar-refractivity contribution is 0.965. The zero-order valence-electron chi connectivity index (χ0n) is 10.8. The van der Waals surface area contributed by atoms with Crippen molar-refractivity contribution in [3.63, 3.8) is 0 Å². The van der Waals surface area contributed by atoms with Crippen molar-refractivity contribution in [2.24, 2.45) is 0 Å². The van der Waals surface area contributed by atoms with E-state index in [9.17, 15) is 0 Å². The normalized spacial score (nSPS) is 12.0. The van der Waals surface area contributed by atoms with Crippen LogP contribution in [0.15, 0.2) is 71.0 Å². The molecule has 0 aliphatic heterocycles. The van der Waals surface area contributed by atoms with E-state index in [4.69, 9.17) is 0 Å². The van der Waals surface area contributed by atoms with E-state index in [2.05, 4.69) is 52.4 Å². The van der Waals surface area contributed by atoms with Crippen molar-refractivity contribution in [1.82, 2.24) is 9.97 Å². The molecule has 1 aliphatic carbocycles. The van der Waals surface area contributed by atoms with Crippen LogP contribution in [0.1, 0.15) is 11.1 Å². The molecule has 0 unspecified atom stereocenters. The number of fused-ring (bicyclic) bond motifs is 3. The van der Waals surface area contributed by atoms with Gasteiger partial charge in [0.1, 0.15) is 0 Å². The summed E-state index contributed by atoms with van der Waals surface area (Å²) < 4.78 is 0. The molecule has 96 valence electrons. The molecule has 0 fully saturated rings. The maximum atomic E-state index is 4.30. The Morgan fingerprint density at radius 1 is 0.800 bits per heavy atom. The fourth-order valence-corrected chi connectivity index (χ4v) is 3.54. The van der Waals surface area contributed by atoms with Crippen molar-refractivity contribution in [2.45, 2.75) is 16.5 Å². The highest BCUT2D eigenvalue weighted by Crippen LogP contribution is 2.42. The summed E-state index contributed by atoms with van der Waals surface area (Å²) in [6.45, 7) is 0. The third-order valence-corrected chi connectivity index (χ3v) is 4.55. The van der Waals surface area contributed by atoms with E-state index < -0.39 is 0 Å². The summed E-state index contributed by atoms with van der Waals surface area (Å²) in [5.74, 6) is 0. The van der Waals surface area contributed by atoms with E-state index in [1.54, 1.807) is 24.2 Å². The Bertz CT molecular complexity index is 769. The van der Waals surface area contributed by atoms with Crippen LogP contribution in [-0.4, -0.2) is 9.97 Å². The van der Waals surface area contributed by atoms with Gasteiger partial charge in [-0.15, -0.1) is 0 Å². The van der Waals surface area contributed by atoms with Gasteiger partial charge in [0.2, 0.25) is 0 Å². The number of aromatic nitrogens is 2. The van der Waals surface area contributed by atoms with Crippen molar-refractivity contribution < 1.29 is 0 Å². The molecular formula is C17H12N2S. The minimum absolute atomic E-state index is 0.803. The number of benzene rings is 2. The lowest BCUT2D eigenvalue weighted by Crippen LogP contribution is -1.88. The molecular weight excluding hydrogens is 264 g/mol. The third kappa shape index (κ3) is 1.91. The molecule has 0 radical (unpaired) electrons. The van der Waals surface area contributed by atoms with Crippen LogP contribution in [-0.2, 0) is 6.42 Å². The number of nitrogens with zero attached hydrogens (tertiary/aromatic N) is 2. The Hall–Kier alpha value is -2.13. The largest absolute Gasteiger partial charge is 0.231 e. The molecule has 2 aromatic carbocycles. The number of hydrogen-bond acceptors (Lipinski definition) is 3. The molecule has 3 heteroatoms. The van der Waals surface area contributed by atoms with Crippen LogP contribution in [0.3, 0.4) is 0 Å². The standard InChI is InChI=1S/C17H12N2S/c1-2-6-13-12(5-1)11-15-14(13)7-3-8-16(15)20-17-18-9-4-10-19-17/h1-10H,11H2. The van der Waals surface area contributed by atoms with Crippen LogP contribution in [0.2, 0.25) is 0 Å². The molecule has 2 nitrogen and oxygen atoms in total. The lowest BCUT2D eigenvalue weighted by Gasteiger charge is -2.06. The van der Waals surface area contributed by atoms with Gasteiger partial charge in [0.15, 0.2) is 5.16 Å². The van der Waals surface area contributed by atoms with E-state index in [1.165, 1.54) is 27.1 Å². The monoisotopic (exact) mass is 276 g/mol. The first-order valence-electron chi connectivity index (χ1n) is 6.57. The predicted octanol–water partition coefficient (Wildman–Crippen LogP) is 4.20. The van der Waals surface area contributed by atoms with Crippen molar-refractivity contribution in [3.8, 4) is 11.1 Å². The van der Waals surface area contributed by atoms with Gasteiger partial charge < -0.3 is 0 Å². The van der Waals surface area contributed by atoms with Crippen molar-refractivity contribution in [1.29, 1.82) is 0 Å². The maximum absolute atomic E-state index is 4.30. The highest BCUT2D eigenvalue weighted by molar-refractivity contribution is 7.99. The van der Waals surface area contributed by atoms with E-state index >= 15 is 0 Å². The Kier molecular flexibility index (Phi) is 2.78. The third-order valence-electron chi connectivity index (χ3n) is 3.55. The smallest absolute Gasteiger partial charge is 0.192 e.